The fourth-order valence-corrected chi connectivity index (χ4v) is 4.58. The molecule has 0 unspecified atom stereocenters. The highest BCUT2D eigenvalue weighted by molar-refractivity contribution is 7.80. The van der Waals surface area contributed by atoms with Gasteiger partial charge in [0.05, 0.1) is 31.4 Å². The van der Waals surface area contributed by atoms with Crippen molar-refractivity contribution in [3.05, 3.63) is 89.0 Å². The smallest absolute Gasteiger partial charge is 0.338 e. The van der Waals surface area contributed by atoms with Gasteiger partial charge in [0, 0.05) is 17.8 Å². The van der Waals surface area contributed by atoms with Crippen LogP contribution in [-0.2, 0) is 20.9 Å². The van der Waals surface area contributed by atoms with Gasteiger partial charge in [-0.25, -0.2) is 22.4 Å². The number of hydrogen-bond donors (Lipinski definition) is 1. The van der Waals surface area contributed by atoms with E-state index in [2.05, 4.69) is 5.32 Å². The first-order valence-corrected chi connectivity index (χ1v) is 12.6. The minimum absolute atomic E-state index is 0.165. The molecule has 0 spiro atoms. The van der Waals surface area contributed by atoms with Crippen LogP contribution in [0.5, 0.6) is 5.75 Å². The van der Waals surface area contributed by atoms with Crippen LogP contribution in [0, 0.1) is 23.3 Å². The predicted molar refractivity (Wildman–Crippen MR) is 144 cm³/mol. The summed E-state index contributed by atoms with van der Waals surface area (Å²) in [5.41, 5.74) is 0.278. The van der Waals surface area contributed by atoms with E-state index in [1.54, 1.807) is 19.1 Å². The largest absolute Gasteiger partial charge is 0.497 e. The summed E-state index contributed by atoms with van der Waals surface area (Å²) < 4.78 is 66.1. The number of carbonyl (C=O) groups excluding carboxylic acids is 3. The number of amides is 2. The molecule has 1 heterocycles. The van der Waals surface area contributed by atoms with Crippen molar-refractivity contribution >= 4 is 46.5 Å². The van der Waals surface area contributed by atoms with Crippen molar-refractivity contribution in [2.75, 3.05) is 23.9 Å². The van der Waals surface area contributed by atoms with Crippen LogP contribution in [0.25, 0.3) is 0 Å². The number of esters is 1. The van der Waals surface area contributed by atoms with Crippen LogP contribution in [0.4, 0.5) is 28.9 Å². The number of ether oxygens (including phenoxy) is 2. The Labute approximate surface area is 237 Å². The second-order valence-electron chi connectivity index (χ2n) is 8.81. The third-order valence-corrected chi connectivity index (χ3v) is 6.64. The van der Waals surface area contributed by atoms with Crippen molar-refractivity contribution in [2.24, 2.45) is 0 Å². The highest BCUT2D eigenvalue weighted by Crippen LogP contribution is 2.31. The van der Waals surface area contributed by atoms with E-state index in [-0.39, 0.29) is 17.3 Å². The summed E-state index contributed by atoms with van der Waals surface area (Å²) in [6.07, 6.45) is -0.487. The van der Waals surface area contributed by atoms with E-state index < -0.39 is 65.6 Å². The summed E-state index contributed by atoms with van der Waals surface area (Å²) in [5.74, 6) is -8.60. The molecule has 13 heteroatoms. The Morgan fingerprint density at radius 2 is 1.63 bits per heavy atom. The Bertz CT molecular complexity index is 1500. The Kier molecular flexibility index (Phi) is 8.86. The number of thiocarbonyl (C=S) groups is 1. The number of carbonyl (C=O) groups is 3. The SMILES string of the molecule is CCOC(=O)c1ccc(NC(=O)C[C@@H]2C(=O)N(c3ccc(OC)cc3)C(=S)N2Cc2cc(F)c(F)c(F)c2F)cc1. The topological polar surface area (TPSA) is 88.2 Å². The molecule has 3 aromatic carbocycles. The van der Waals surface area contributed by atoms with Gasteiger partial charge in [0.1, 0.15) is 11.8 Å². The monoisotopic (exact) mass is 589 g/mol. The summed E-state index contributed by atoms with van der Waals surface area (Å²) in [6, 6.07) is 11.2. The lowest BCUT2D eigenvalue weighted by molar-refractivity contribution is -0.124. The lowest BCUT2D eigenvalue weighted by Gasteiger charge is -2.24. The molecule has 1 fully saturated rings. The molecule has 1 N–H and O–H groups in total. The van der Waals surface area contributed by atoms with Crippen molar-refractivity contribution in [3.8, 4) is 5.75 Å². The molecule has 4 rings (SSSR count). The average Bonchev–Trinajstić information content (AvgIpc) is 3.18. The maximum absolute atomic E-state index is 14.6. The third-order valence-electron chi connectivity index (χ3n) is 6.23. The highest BCUT2D eigenvalue weighted by atomic mass is 32.1. The van der Waals surface area contributed by atoms with Crippen molar-refractivity contribution in [1.29, 1.82) is 0 Å². The molecule has 0 radical (unpaired) electrons. The summed E-state index contributed by atoms with van der Waals surface area (Å²) in [7, 11) is 1.46. The Morgan fingerprint density at radius 1 is 0.976 bits per heavy atom. The fourth-order valence-electron chi connectivity index (χ4n) is 4.19. The zero-order valence-electron chi connectivity index (χ0n) is 21.8. The number of benzene rings is 3. The molecular formula is C28H23F4N3O5S. The van der Waals surface area contributed by atoms with E-state index in [0.29, 0.717) is 23.2 Å². The number of rotatable bonds is 9. The zero-order valence-corrected chi connectivity index (χ0v) is 22.6. The number of halogens is 4. The third kappa shape index (κ3) is 6.14. The van der Waals surface area contributed by atoms with Crippen LogP contribution in [0.15, 0.2) is 54.6 Å². The summed E-state index contributed by atoms with van der Waals surface area (Å²) in [4.78, 5) is 40.6. The van der Waals surface area contributed by atoms with E-state index in [9.17, 15) is 31.9 Å². The van der Waals surface area contributed by atoms with Gasteiger partial charge in [0.25, 0.3) is 5.91 Å². The molecule has 0 bridgehead atoms. The number of nitrogens with one attached hydrogen (secondary N) is 1. The highest BCUT2D eigenvalue weighted by Gasteiger charge is 2.44. The van der Waals surface area contributed by atoms with Gasteiger partial charge < -0.3 is 19.7 Å². The first kappa shape index (κ1) is 29.5. The van der Waals surface area contributed by atoms with Crippen molar-refractivity contribution in [2.45, 2.75) is 25.9 Å². The van der Waals surface area contributed by atoms with Gasteiger partial charge in [-0.15, -0.1) is 0 Å². The number of hydrogen-bond acceptors (Lipinski definition) is 6. The molecule has 0 aromatic heterocycles. The van der Waals surface area contributed by atoms with E-state index in [1.165, 1.54) is 43.5 Å². The first-order valence-electron chi connectivity index (χ1n) is 12.2. The van der Waals surface area contributed by atoms with Crippen LogP contribution in [0.3, 0.4) is 0 Å². The van der Waals surface area contributed by atoms with Gasteiger partial charge in [-0.1, -0.05) is 0 Å². The van der Waals surface area contributed by atoms with E-state index in [4.69, 9.17) is 21.7 Å². The molecule has 2 amide bonds. The molecule has 1 aliphatic rings. The van der Waals surface area contributed by atoms with E-state index in [0.717, 1.165) is 9.80 Å². The van der Waals surface area contributed by atoms with E-state index >= 15 is 0 Å². The maximum Gasteiger partial charge on any atom is 0.338 e. The second-order valence-corrected chi connectivity index (χ2v) is 9.17. The molecule has 3 aromatic rings. The minimum atomic E-state index is -2.01. The van der Waals surface area contributed by atoms with Crippen molar-refractivity contribution in [1.82, 2.24) is 4.90 Å². The standard InChI is InChI=1S/C28H23F4N3O5S/c1-3-40-27(38)15-4-6-17(7-5-15)33-22(36)13-21-26(37)35(18-8-10-19(39-2)11-9-18)28(41)34(21)14-16-12-20(29)24(31)25(32)23(16)30/h4-12,21H,3,13-14H2,1-2H3,(H,33,36)/t21-/m1/s1. The van der Waals surface area contributed by atoms with Gasteiger partial charge in [0.15, 0.2) is 28.4 Å². The quantitative estimate of drug-likeness (QED) is 0.124. The fraction of sp³-hybridized carbons (Fsp3) is 0.214. The summed E-state index contributed by atoms with van der Waals surface area (Å²) in [5, 5.41) is 2.44. The summed E-state index contributed by atoms with van der Waals surface area (Å²) in [6.45, 7) is 1.22. The Balaban J connectivity index is 1.61. The van der Waals surface area contributed by atoms with Crippen LogP contribution >= 0.6 is 12.2 Å². The van der Waals surface area contributed by atoms with Crippen LogP contribution in [0.2, 0.25) is 0 Å². The Morgan fingerprint density at radius 3 is 2.24 bits per heavy atom. The van der Waals surface area contributed by atoms with Gasteiger partial charge in [0.2, 0.25) is 5.91 Å². The summed E-state index contributed by atoms with van der Waals surface area (Å²) >= 11 is 5.48. The molecule has 0 aliphatic carbocycles. The van der Waals surface area contributed by atoms with Crippen LogP contribution in [0.1, 0.15) is 29.3 Å². The molecule has 1 atom stereocenters. The number of anilines is 2. The van der Waals surface area contributed by atoms with Gasteiger partial charge in [-0.2, -0.15) is 0 Å². The number of methoxy groups -OCH3 is 1. The van der Waals surface area contributed by atoms with Gasteiger partial charge >= 0.3 is 5.97 Å². The molecule has 41 heavy (non-hydrogen) atoms. The van der Waals surface area contributed by atoms with Gasteiger partial charge in [-0.05, 0) is 73.7 Å². The Hall–Kier alpha value is -4.52. The van der Waals surface area contributed by atoms with E-state index in [1.807, 2.05) is 0 Å². The van der Waals surface area contributed by atoms with Crippen molar-refractivity contribution < 1.29 is 41.4 Å². The predicted octanol–water partition coefficient (Wildman–Crippen LogP) is 4.96. The molecular weight excluding hydrogens is 566 g/mol. The molecule has 214 valence electrons. The normalized spacial score (nSPS) is 14.8. The zero-order chi connectivity index (χ0) is 29.8. The molecule has 8 nitrogen and oxygen atoms in total. The molecule has 0 saturated carbocycles. The van der Waals surface area contributed by atoms with Crippen LogP contribution < -0.4 is 15.0 Å². The molecule has 1 aliphatic heterocycles. The maximum atomic E-state index is 14.6. The minimum Gasteiger partial charge on any atom is -0.497 e. The molecule has 1 saturated heterocycles. The van der Waals surface area contributed by atoms with Gasteiger partial charge in [-0.3, -0.25) is 14.5 Å². The second kappa shape index (κ2) is 12.3. The lowest BCUT2D eigenvalue weighted by Crippen LogP contribution is -2.37. The lowest BCUT2D eigenvalue weighted by atomic mass is 10.1. The van der Waals surface area contributed by atoms with Crippen molar-refractivity contribution in [3.63, 3.8) is 0 Å². The van der Waals surface area contributed by atoms with Crippen LogP contribution in [-0.4, -0.2) is 47.6 Å². The first-order chi connectivity index (χ1) is 19.5. The average molecular weight is 590 g/mol. The number of nitrogens with zero attached hydrogens (tertiary/aromatic N) is 2.